The summed E-state index contributed by atoms with van der Waals surface area (Å²) in [6, 6.07) is -1.11. The molecule has 0 rings (SSSR count). The maximum absolute atomic E-state index is 12.0. The summed E-state index contributed by atoms with van der Waals surface area (Å²) < 4.78 is 10.6. The zero-order valence-corrected chi connectivity index (χ0v) is 21.0. The van der Waals surface area contributed by atoms with Crippen LogP contribution in [0.15, 0.2) is 0 Å². The van der Waals surface area contributed by atoms with Gasteiger partial charge in [0.25, 0.3) is 0 Å². The summed E-state index contributed by atoms with van der Waals surface area (Å²) in [6.07, 6.45) is 0.781. The van der Waals surface area contributed by atoms with Crippen molar-refractivity contribution in [2.75, 3.05) is 39.5 Å². The second kappa shape index (κ2) is 15.7. The third-order valence-corrected chi connectivity index (χ3v) is 4.54. The van der Waals surface area contributed by atoms with Crippen LogP contribution in [-0.4, -0.2) is 79.8 Å². The molecular formula is C23H43N3O7. The molecule has 1 atom stereocenters. The van der Waals surface area contributed by atoms with E-state index in [0.717, 1.165) is 0 Å². The lowest BCUT2D eigenvalue weighted by atomic mass is 9.91. The Balaban J connectivity index is 3.93. The maximum Gasteiger partial charge on any atom is 0.326 e. The molecule has 10 nitrogen and oxygen atoms in total. The largest absolute Gasteiger partial charge is 0.480 e. The van der Waals surface area contributed by atoms with Crippen molar-refractivity contribution in [3.05, 3.63) is 0 Å². The first-order valence-corrected chi connectivity index (χ1v) is 11.4. The fraction of sp³-hybridized carbons (Fsp3) is 0.826. The van der Waals surface area contributed by atoms with Gasteiger partial charge < -0.3 is 30.5 Å². The number of ketones is 1. The minimum atomic E-state index is -1.17. The van der Waals surface area contributed by atoms with E-state index in [4.69, 9.17) is 9.47 Å². The first-order valence-electron chi connectivity index (χ1n) is 11.4. The number of carbonyl (C=O) groups is 4. The first-order chi connectivity index (χ1) is 15.2. The second-order valence-electron chi connectivity index (χ2n) is 9.97. The van der Waals surface area contributed by atoms with Gasteiger partial charge in [-0.15, -0.1) is 0 Å². The first kappa shape index (κ1) is 31.0. The highest BCUT2D eigenvalue weighted by atomic mass is 16.5. The van der Waals surface area contributed by atoms with Gasteiger partial charge in [0.2, 0.25) is 11.8 Å². The van der Waals surface area contributed by atoms with Gasteiger partial charge in [-0.05, 0) is 40.2 Å². The number of hydrogen-bond acceptors (Lipinski definition) is 7. The Hall–Kier alpha value is -2.04. The van der Waals surface area contributed by atoms with Crippen molar-refractivity contribution in [2.45, 2.75) is 78.8 Å². The van der Waals surface area contributed by atoms with Crippen LogP contribution in [0, 0.1) is 5.41 Å². The van der Waals surface area contributed by atoms with Gasteiger partial charge in [-0.1, -0.05) is 20.8 Å². The highest BCUT2D eigenvalue weighted by Gasteiger charge is 2.21. The van der Waals surface area contributed by atoms with Crippen LogP contribution in [0.5, 0.6) is 0 Å². The molecule has 4 N–H and O–H groups in total. The summed E-state index contributed by atoms with van der Waals surface area (Å²) in [5.41, 5.74) is -0.476. The number of carbonyl (C=O) groups excluding carboxylic acids is 3. The molecule has 0 radical (unpaired) electrons. The molecule has 0 aromatic carbocycles. The highest BCUT2D eigenvalue weighted by Crippen LogP contribution is 2.14. The Kier molecular flexibility index (Phi) is 14.8. The van der Waals surface area contributed by atoms with Gasteiger partial charge in [-0.25, -0.2) is 4.79 Å². The summed E-state index contributed by atoms with van der Waals surface area (Å²) in [6.45, 7) is 13.4. The number of rotatable bonds is 17. The molecule has 0 aliphatic rings. The van der Waals surface area contributed by atoms with Crippen LogP contribution in [0.4, 0.5) is 0 Å². The Bertz CT molecular complexity index is 625. The van der Waals surface area contributed by atoms with Gasteiger partial charge in [0.1, 0.15) is 12.6 Å². The summed E-state index contributed by atoms with van der Waals surface area (Å²) >= 11 is 0. The van der Waals surface area contributed by atoms with Crippen LogP contribution in [0.3, 0.4) is 0 Å². The molecular weight excluding hydrogens is 430 g/mol. The number of nitrogens with one attached hydrogen (secondary N) is 3. The number of aliphatic carboxylic acids is 1. The molecule has 0 saturated carbocycles. The van der Waals surface area contributed by atoms with Gasteiger partial charge in [0, 0.05) is 30.3 Å². The van der Waals surface area contributed by atoms with Crippen molar-refractivity contribution in [2.24, 2.45) is 5.41 Å². The van der Waals surface area contributed by atoms with Crippen molar-refractivity contribution in [3.63, 3.8) is 0 Å². The molecule has 0 aliphatic heterocycles. The lowest BCUT2D eigenvalue weighted by Crippen LogP contribution is -2.42. The highest BCUT2D eigenvalue weighted by molar-refractivity contribution is 5.85. The number of Topliss-reactive ketones (excluding diaryl/α,β-unsaturated/α-hetero) is 1. The van der Waals surface area contributed by atoms with Gasteiger partial charge >= 0.3 is 5.97 Å². The third kappa shape index (κ3) is 18.1. The number of hydrogen-bond donors (Lipinski definition) is 4. The quantitative estimate of drug-likeness (QED) is 0.231. The molecule has 0 heterocycles. The molecule has 0 spiro atoms. The average Bonchev–Trinajstić information content (AvgIpc) is 2.68. The van der Waals surface area contributed by atoms with Crippen molar-refractivity contribution < 1.29 is 33.8 Å². The normalized spacial score (nSPS) is 12.8. The summed E-state index contributed by atoms with van der Waals surface area (Å²) in [7, 11) is 0. The van der Waals surface area contributed by atoms with E-state index >= 15 is 0 Å². The summed E-state index contributed by atoms with van der Waals surface area (Å²) in [5, 5.41) is 17.7. The molecule has 0 saturated heterocycles. The van der Waals surface area contributed by atoms with Crippen LogP contribution in [0.1, 0.15) is 67.2 Å². The van der Waals surface area contributed by atoms with Crippen molar-refractivity contribution in [1.29, 1.82) is 0 Å². The third-order valence-electron chi connectivity index (χ3n) is 4.54. The van der Waals surface area contributed by atoms with Crippen LogP contribution in [0.25, 0.3) is 0 Å². The van der Waals surface area contributed by atoms with E-state index in [2.05, 4.69) is 16.0 Å². The molecule has 10 heteroatoms. The average molecular weight is 474 g/mol. The summed E-state index contributed by atoms with van der Waals surface area (Å²) in [4.78, 5) is 47.0. The van der Waals surface area contributed by atoms with Gasteiger partial charge in [0.05, 0.1) is 19.8 Å². The minimum Gasteiger partial charge on any atom is -0.480 e. The van der Waals surface area contributed by atoms with Crippen LogP contribution in [0.2, 0.25) is 0 Å². The zero-order chi connectivity index (χ0) is 25.5. The lowest BCUT2D eigenvalue weighted by molar-refractivity contribution is -0.142. The Morgan fingerprint density at radius 1 is 0.848 bits per heavy atom. The van der Waals surface area contributed by atoms with E-state index in [9.17, 15) is 24.3 Å². The smallest absolute Gasteiger partial charge is 0.326 e. The number of amides is 2. The monoisotopic (exact) mass is 473 g/mol. The Morgan fingerprint density at radius 3 is 2.06 bits per heavy atom. The van der Waals surface area contributed by atoms with Crippen molar-refractivity contribution in [1.82, 2.24) is 16.0 Å². The molecule has 2 amide bonds. The van der Waals surface area contributed by atoms with E-state index in [-0.39, 0.29) is 68.8 Å². The van der Waals surface area contributed by atoms with Gasteiger partial charge in [-0.3, -0.25) is 14.4 Å². The molecule has 192 valence electrons. The lowest BCUT2D eigenvalue weighted by Gasteiger charge is -2.20. The number of ether oxygens (including phenoxy) is 2. The van der Waals surface area contributed by atoms with Gasteiger partial charge in [0.15, 0.2) is 5.78 Å². The molecule has 33 heavy (non-hydrogen) atoms. The van der Waals surface area contributed by atoms with Crippen LogP contribution >= 0.6 is 0 Å². The van der Waals surface area contributed by atoms with E-state index < -0.39 is 17.4 Å². The van der Waals surface area contributed by atoms with E-state index in [0.29, 0.717) is 19.6 Å². The molecule has 0 aliphatic carbocycles. The zero-order valence-electron chi connectivity index (χ0n) is 21.0. The number of carboxylic acids is 1. The van der Waals surface area contributed by atoms with E-state index in [1.165, 1.54) is 0 Å². The van der Waals surface area contributed by atoms with E-state index in [1.807, 2.05) is 41.5 Å². The molecule has 0 bridgehead atoms. The number of carboxylic acid groups (broad SMARTS) is 1. The van der Waals surface area contributed by atoms with Crippen molar-refractivity contribution in [3.8, 4) is 0 Å². The van der Waals surface area contributed by atoms with Crippen LogP contribution < -0.4 is 16.0 Å². The maximum atomic E-state index is 12.0. The predicted octanol–water partition coefficient (Wildman–Crippen LogP) is 1.27. The van der Waals surface area contributed by atoms with Crippen LogP contribution in [-0.2, 0) is 28.7 Å². The fourth-order valence-corrected chi connectivity index (χ4v) is 2.46. The molecule has 0 aromatic heterocycles. The standard InChI is InChI=1S/C23H43N3O7/c1-22(2,3)18(27)16-33-15-14-32-13-12-24-19(28)10-9-17(21(30)31)26-20(29)8-7-11-25-23(4,5)6/h17,25H,7-16H2,1-6H3,(H,24,28)(H,26,29)(H,30,31)/t17-/m0/s1. The van der Waals surface area contributed by atoms with Crippen molar-refractivity contribution >= 4 is 23.6 Å². The Morgan fingerprint density at radius 2 is 1.48 bits per heavy atom. The summed E-state index contributed by atoms with van der Waals surface area (Å²) in [5.74, 6) is -1.82. The molecule has 0 unspecified atom stereocenters. The predicted molar refractivity (Wildman–Crippen MR) is 125 cm³/mol. The van der Waals surface area contributed by atoms with E-state index in [1.54, 1.807) is 0 Å². The second-order valence-corrected chi connectivity index (χ2v) is 9.97. The fourth-order valence-electron chi connectivity index (χ4n) is 2.46. The molecule has 0 fully saturated rings. The minimum absolute atomic E-state index is 0.00362. The molecule has 0 aromatic rings. The Labute approximate surface area is 197 Å². The van der Waals surface area contributed by atoms with Gasteiger partial charge in [-0.2, -0.15) is 0 Å². The SMILES string of the molecule is CC(C)(C)NCCCC(=O)N[C@@H](CCC(=O)NCCOCCOCC(=O)C(C)(C)C)C(=O)O. The topological polar surface area (TPSA) is 143 Å².